The Labute approximate surface area is 128 Å². The van der Waals surface area contributed by atoms with Crippen LogP contribution in [0.25, 0.3) is 0 Å². The van der Waals surface area contributed by atoms with E-state index in [9.17, 15) is 9.90 Å². The average molecular weight is 294 g/mol. The van der Waals surface area contributed by atoms with Crippen molar-refractivity contribution < 1.29 is 9.90 Å². The zero-order chi connectivity index (χ0) is 14.8. The van der Waals surface area contributed by atoms with E-state index >= 15 is 0 Å². The van der Waals surface area contributed by atoms with Crippen LogP contribution >= 0.6 is 0 Å². The Morgan fingerprint density at radius 2 is 1.57 bits per heavy atom. The molecule has 0 spiro atoms. The summed E-state index contributed by atoms with van der Waals surface area (Å²) in [6, 6.07) is 1.09. The van der Waals surface area contributed by atoms with Gasteiger partial charge in [0, 0.05) is 38.3 Å². The summed E-state index contributed by atoms with van der Waals surface area (Å²) >= 11 is 0. The standard InChI is InChI=1S/C17H30N2O2/c1-13-6-7-15(17(20)21)16(12-13)19-10-8-18(9-11-19)14-4-2-3-5-14/h13-16H,2-12H2,1H3,(H,20,21). The van der Waals surface area contributed by atoms with Crippen LogP contribution in [0.5, 0.6) is 0 Å². The van der Waals surface area contributed by atoms with Crippen molar-refractivity contribution in [1.82, 2.24) is 9.80 Å². The SMILES string of the molecule is CC1CCC(C(=O)O)C(N2CCN(C3CCCC3)CC2)C1. The van der Waals surface area contributed by atoms with Gasteiger partial charge in [-0.2, -0.15) is 0 Å². The zero-order valence-electron chi connectivity index (χ0n) is 13.3. The van der Waals surface area contributed by atoms with Gasteiger partial charge >= 0.3 is 5.97 Å². The van der Waals surface area contributed by atoms with Crippen LogP contribution in [0.4, 0.5) is 0 Å². The lowest BCUT2D eigenvalue weighted by Crippen LogP contribution is -2.56. The van der Waals surface area contributed by atoms with E-state index < -0.39 is 5.97 Å². The molecule has 21 heavy (non-hydrogen) atoms. The minimum atomic E-state index is -0.579. The van der Waals surface area contributed by atoms with Crippen LogP contribution < -0.4 is 0 Å². The number of hydrogen-bond donors (Lipinski definition) is 1. The highest BCUT2D eigenvalue weighted by Crippen LogP contribution is 2.33. The summed E-state index contributed by atoms with van der Waals surface area (Å²) in [5.74, 6) is -0.0391. The fourth-order valence-corrected chi connectivity index (χ4v) is 4.75. The Bertz CT molecular complexity index is 360. The molecule has 2 saturated carbocycles. The molecule has 0 bridgehead atoms. The predicted molar refractivity (Wildman–Crippen MR) is 83.3 cm³/mol. The van der Waals surface area contributed by atoms with Gasteiger partial charge < -0.3 is 5.11 Å². The molecule has 0 aromatic rings. The first-order valence-electron chi connectivity index (χ1n) is 8.86. The van der Waals surface area contributed by atoms with Gasteiger partial charge in [-0.15, -0.1) is 0 Å². The van der Waals surface area contributed by atoms with Crippen molar-refractivity contribution in [2.24, 2.45) is 11.8 Å². The smallest absolute Gasteiger partial charge is 0.308 e. The number of piperazine rings is 1. The quantitative estimate of drug-likeness (QED) is 0.868. The molecule has 3 atom stereocenters. The first-order valence-corrected chi connectivity index (χ1v) is 8.86. The molecule has 3 rings (SSSR count). The second kappa shape index (κ2) is 6.66. The lowest BCUT2D eigenvalue weighted by molar-refractivity contribution is -0.146. The van der Waals surface area contributed by atoms with Crippen LogP contribution in [0.15, 0.2) is 0 Å². The molecule has 2 aliphatic carbocycles. The Morgan fingerprint density at radius 1 is 0.952 bits per heavy atom. The van der Waals surface area contributed by atoms with Gasteiger partial charge in [-0.05, 0) is 38.0 Å². The molecular formula is C17H30N2O2. The van der Waals surface area contributed by atoms with Gasteiger partial charge in [0.1, 0.15) is 0 Å². The number of rotatable bonds is 3. The van der Waals surface area contributed by atoms with Crippen molar-refractivity contribution in [2.45, 2.75) is 64.0 Å². The van der Waals surface area contributed by atoms with E-state index in [-0.39, 0.29) is 12.0 Å². The molecule has 4 nitrogen and oxygen atoms in total. The van der Waals surface area contributed by atoms with E-state index in [1.165, 1.54) is 25.7 Å². The first-order chi connectivity index (χ1) is 10.1. The first kappa shape index (κ1) is 15.3. The third-order valence-electron chi connectivity index (χ3n) is 6.05. The molecule has 0 aromatic heterocycles. The summed E-state index contributed by atoms with van der Waals surface area (Å²) in [4.78, 5) is 16.7. The fourth-order valence-electron chi connectivity index (χ4n) is 4.75. The Hall–Kier alpha value is -0.610. The zero-order valence-corrected chi connectivity index (χ0v) is 13.3. The normalized spacial score (nSPS) is 36.9. The number of carboxylic acids is 1. The van der Waals surface area contributed by atoms with Gasteiger partial charge in [-0.3, -0.25) is 14.6 Å². The maximum absolute atomic E-state index is 11.6. The Balaban J connectivity index is 1.57. The van der Waals surface area contributed by atoms with Gasteiger partial charge in [0.2, 0.25) is 0 Å². The molecular weight excluding hydrogens is 264 g/mol. The summed E-state index contributed by atoms with van der Waals surface area (Å²) in [7, 11) is 0. The molecule has 3 fully saturated rings. The van der Waals surface area contributed by atoms with Gasteiger partial charge in [0.25, 0.3) is 0 Å². The summed E-state index contributed by atoms with van der Waals surface area (Å²) in [5, 5.41) is 9.51. The highest BCUT2D eigenvalue weighted by Gasteiger charge is 2.38. The lowest BCUT2D eigenvalue weighted by Gasteiger charge is -2.45. The van der Waals surface area contributed by atoms with Crippen molar-refractivity contribution in [3.05, 3.63) is 0 Å². The minimum Gasteiger partial charge on any atom is -0.481 e. The number of carboxylic acid groups (broad SMARTS) is 1. The molecule has 3 aliphatic rings. The topological polar surface area (TPSA) is 43.8 Å². The van der Waals surface area contributed by atoms with Gasteiger partial charge in [0.15, 0.2) is 0 Å². The summed E-state index contributed by atoms with van der Waals surface area (Å²) < 4.78 is 0. The maximum atomic E-state index is 11.6. The van der Waals surface area contributed by atoms with Crippen molar-refractivity contribution in [1.29, 1.82) is 0 Å². The molecule has 1 aliphatic heterocycles. The van der Waals surface area contributed by atoms with E-state index in [1.807, 2.05) is 0 Å². The summed E-state index contributed by atoms with van der Waals surface area (Å²) in [6.45, 7) is 6.69. The predicted octanol–water partition coefficient (Wildman–Crippen LogP) is 2.44. The summed E-state index contributed by atoms with van der Waals surface area (Å²) in [5.41, 5.74) is 0. The molecule has 1 saturated heterocycles. The van der Waals surface area contributed by atoms with Crippen LogP contribution in [0.2, 0.25) is 0 Å². The molecule has 0 amide bonds. The van der Waals surface area contributed by atoms with Crippen molar-refractivity contribution in [2.75, 3.05) is 26.2 Å². The van der Waals surface area contributed by atoms with Gasteiger partial charge in [0.05, 0.1) is 5.92 Å². The average Bonchev–Trinajstić information content (AvgIpc) is 3.01. The van der Waals surface area contributed by atoms with Crippen LogP contribution in [-0.4, -0.2) is 59.1 Å². The lowest BCUT2D eigenvalue weighted by atomic mass is 9.78. The maximum Gasteiger partial charge on any atom is 0.308 e. The second-order valence-electron chi connectivity index (χ2n) is 7.44. The summed E-state index contributed by atoms with van der Waals surface area (Å²) in [6.07, 6.45) is 8.55. The molecule has 4 heteroatoms. The number of aliphatic carboxylic acids is 1. The monoisotopic (exact) mass is 294 g/mol. The molecule has 0 aromatic carbocycles. The van der Waals surface area contributed by atoms with Crippen molar-refractivity contribution in [3.8, 4) is 0 Å². The third-order valence-corrected chi connectivity index (χ3v) is 6.05. The van der Waals surface area contributed by atoms with Crippen LogP contribution in [0.3, 0.4) is 0 Å². The van der Waals surface area contributed by atoms with Crippen LogP contribution in [-0.2, 0) is 4.79 Å². The van der Waals surface area contributed by atoms with Gasteiger partial charge in [-0.25, -0.2) is 0 Å². The molecule has 3 unspecified atom stereocenters. The Kier molecular flexibility index (Phi) is 4.85. The highest BCUT2D eigenvalue weighted by atomic mass is 16.4. The fraction of sp³-hybridized carbons (Fsp3) is 0.941. The number of hydrogen-bond acceptors (Lipinski definition) is 3. The van der Waals surface area contributed by atoms with E-state index in [1.54, 1.807) is 0 Å². The van der Waals surface area contributed by atoms with E-state index in [0.29, 0.717) is 5.92 Å². The van der Waals surface area contributed by atoms with Crippen molar-refractivity contribution >= 4 is 5.97 Å². The number of nitrogens with zero attached hydrogens (tertiary/aromatic N) is 2. The number of carbonyl (C=O) groups is 1. The van der Waals surface area contributed by atoms with E-state index in [4.69, 9.17) is 0 Å². The van der Waals surface area contributed by atoms with E-state index in [2.05, 4.69) is 16.7 Å². The molecule has 1 heterocycles. The second-order valence-corrected chi connectivity index (χ2v) is 7.44. The Morgan fingerprint density at radius 3 is 2.19 bits per heavy atom. The molecule has 0 radical (unpaired) electrons. The minimum absolute atomic E-state index is 0.140. The van der Waals surface area contributed by atoms with Crippen LogP contribution in [0.1, 0.15) is 51.9 Å². The highest BCUT2D eigenvalue weighted by molar-refractivity contribution is 5.71. The third kappa shape index (κ3) is 3.42. The van der Waals surface area contributed by atoms with Crippen molar-refractivity contribution in [3.63, 3.8) is 0 Å². The largest absolute Gasteiger partial charge is 0.481 e. The van der Waals surface area contributed by atoms with Gasteiger partial charge in [-0.1, -0.05) is 19.8 Å². The molecule has 120 valence electrons. The van der Waals surface area contributed by atoms with Crippen LogP contribution in [0, 0.1) is 11.8 Å². The molecule has 1 N–H and O–H groups in total. The van der Waals surface area contributed by atoms with E-state index in [0.717, 1.165) is 51.5 Å².